The van der Waals surface area contributed by atoms with Crippen molar-refractivity contribution in [3.63, 3.8) is 0 Å². The van der Waals surface area contributed by atoms with Crippen molar-refractivity contribution in [2.75, 3.05) is 12.4 Å². The van der Waals surface area contributed by atoms with Crippen LogP contribution in [0.5, 0.6) is 0 Å². The molecule has 96 valence electrons. The van der Waals surface area contributed by atoms with Gasteiger partial charge >= 0.3 is 6.03 Å². The van der Waals surface area contributed by atoms with Crippen LogP contribution >= 0.6 is 11.6 Å². The number of alkyl halides is 1. The van der Waals surface area contributed by atoms with Gasteiger partial charge in [-0.15, -0.1) is 11.6 Å². The van der Waals surface area contributed by atoms with E-state index in [2.05, 4.69) is 11.4 Å². The van der Waals surface area contributed by atoms with Crippen molar-refractivity contribution in [1.29, 1.82) is 0 Å². The highest BCUT2D eigenvalue weighted by Crippen LogP contribution is 2.42. The number of urea groups is 1. The Bertz CT molecular complexity index is 485. The molecule has 2 aliphatic rings. The molecule has 1 saturated carbocycles. The normalized spacial score (nSPS) is 21.0. The number of carbonyl (C=O) groups is 1. The maximum absolute atomic E-state index is 11.5. The highest BCUT2D eigenvalue weighted by atomic mass is 35.5. The first-order chi connectivity index (χ1) is 8.65. The summed E-state index contributed by atoms with van der Waals surface area (Å²) in [5.74, 6) is 0.626. The van der Waals surface area contributed by atoms with E-state index in [9.17, 15) is 4.79 Å². The minimum atomic E-state index is -0.0448. The van der Waals surface area contributed by atoms with Gasteiger partial charge < -0.3 is 10.2 Å². The molecule has 1 atom stereocenters. The molecule has 0 radical (unpaired) electrons. The number of nitrogens with zero attached hydrogens (tertiary/aromatic N) is 1. The highest BCUT2D eigenvalue weighted by Gasteiger charge is 2.28. The Morgan fingerprint density at radius 2 is 2.22 bits per heavy atom. The zero-order chi connectivity index (χ0) is 12.7. The predicted molar refractivity (Wildman–Crippen MR) is 72.9 cm³/mol. The lowest BCUT2D eigenvalue weighted by atomic mass is 9.80. The third-order valence-corrected chi connectivity index (χ3v) is 4.62. The molecule has 1 aromatic rings. The zero-order valence-corrected chi connectivity index (χ0v) is 11.2. The fraction of sp³-hybridized carbons (Fsp3) is 0.500. The molecule has 3 nitrogen and oxygen atoms in total. The molecule has 3 rings (SSSR count). The van der Waals surface area contributed by atoms with Gasteiger partial charge in [0.15, 0.2) is 0 Å². The van der Waals surface area contributed by atoms with E-state index in [1.165, 1.54) is 24.8 Å². The van der Waals surface area contributed by atoms with Crippen LogP contribution in [0.2, 0.25) is 0 Å². The molecule has 1 aliphatic carbocycles. The second-order valence-electron chi connectivity index (χ2n) is 5.30. The van der Waals surface area contributed by atoms with Gasteiger partial charge in [-0.05, 0) is 36.0 Å². The number of halogens is 1. The van der Waals surface area contributed by atoms with Gasteiger partial charge in [0.2, 0.25) is 0 Å². The number of nitrogens with one attached hydrogen (secondary N) is 1. The van der Waals surface area contributed by atoms with Crippen molar-refractivity contribution in [3.05, 3.63) is 29.3 Å². The molecule has 0 saturated heterocycles. The number of fused-ring (bicyclic) bond motifs is 1. The summed E-state index contributed by atoms with van der Waals surface area (Å²) in [5, 5.41) is 2.99. The van der Waals surface area contributed by atoms with Gasteiger partial charge in [0, 0.05) is 19.3 Å². The molecule has 0 aromatic heterocycles. The van der Waals surface area contributed by atoms with Gasteiger partial charge in [-0.2, -0.15) is 0 Å². The van der Waals surface area contributed by atoms with Crippen molar-refractivity contribution in [2.24, 2.45) is 5.92 Å². The van der Waals surface area contributed by atoms with Gasteiger partial charge in [0.1, 0.15) is 0 Å². The third kappa shape index (κ3) is 1.97. The van der Waals surface area contributed by atoms with E-state index in [4.69, 9.17) is 11.6 Å². The van der Waals surface area contributed by atoms with Crippen LogP contribution in [-0.4, -0.2) is 18.0 Å². The summed E-state index contributed by atoms with van der Waals surface area (Å²) in [7, 11) is 1.80. The molecule has 1 unspecified atom stereocenters. The third-order valence-electron chi connectivity index (χ3n) is 4.01. The molecule has 1 N–H and O–H groups in total. The van der Waals surface area contributed by atoms with Gasteiger partial charge in [-0.1, -0.05) is 18.6 Å². The van der Waals surface area contributed by atoms with Crippen LogP contribution in [0.4, 0.5) is 10.5 Å². The summed E-state index contributed by atoms with van der Waals surface area (Å²) < 4.78 is 0. The Labute approximate surface area is 112 Å². The Kier molecular flexibility index (Phi) is 2.94. The molecule has 1 aromatic carbocycles. The lowest BCUT2D eigenvalue weighted by molar-refractivity contribution is 0.218. The van der Waals surface area contributed by atoms with Crippen LogP contribution in [0.15, 0.2) is 18.2 Å². The number of anilines is 1. The lowest BCUT2D eigenvalue weighted by Crippen LogP contribution is -2.35. The summed E-state index contributed by atoms with van der Waals surface area (Å²) in [4.78, 5) is 13.2. The van der Waals surface area contributed by atoms with Crippen LogP contribution in [0.1, 0.15) is 35.8 Å². The number of benzene rings is 1. The quantitative estimate of drug-likeness (QED) is 0.811. The van der Waals surface area contributed by atoms with Crippen molar-refractivity contribution in [3.8, 4) is 0 Å². The second kappa shape index (κ2) is 4.47. The van der Waals surface area contributed by atoms with E-state index in [1.54, 1.807) is 11.9 Å². The van der Waals surface area contributed by atoms with Gasteiger partial charge in [-0.3, -0.25) is 0 Å². The summed E-state index contributed by atoms with van der Waals surface area (Å²) in [6.45, 7) is 0.656. The Morgan fingerprint density at radius 1 is 1.44 bits per heavy atom. The minimum Gasteiger partial charge on any atom is -0.323 e. The number of hydrogen-bond donors (Lipinski definition) is 1. The maximum Gasteiger partial charge on any atom is 0.321 e. The summed E-state index contributed by atoms with van der Waals surface area (Å²) in [5.41, 5.74) is 3.25. The molecule has 1 fully saturated rings. The fourth-order valence-corrected chi connectivity index (χ4v) is 2.97. The van der Waals surface area contributed by atoms with Gasteiger partial charge in [0.25, 0.3) is 0 Å². The number of hydrogen-bond acceptors (Lipinski definition) is 1. The number of carbonyl (C=O) groups excluding carboxylic acids is 1. The molecule has 0 spiro atoms. The lowest BCUT2D eigenvalue weighted by Gasteiger charge is -2.31. The standard InChI is InChI=1S/C14H17ClN2O/c1-17-8-11-7-10(13(15)9-3-2-4-9)5-6-12(11)16-14(17)18/h5-7,9,13H,2-4,8H2,1H3,(H,16,18). The van der Waals surface area contributed by atoms with E-state index >= 15 is 0 Å². The topological polar surface area (TPSA) is 32.3 Å². The van der Waals surface area contributed by atoms with Crippen molar-refractivity contribution in [1.82, 2.24) is 4.90 Å². The van der Waals surface area contributed by atoms with Gasteiger partial charge in [-0.25, -0.2) is 4.79 Å². The minimum absolute atomic E-state index is 0.0448. The Morgan fingerprint density at radius 3 is 2.89 bits per heavy atom. The van der Waals surface area contributed by atoms with Crippen LogP contribution < -0.4 is 5.32 Å². The predicted octanol–water partition coefficient (Wildman–Crippen LogP) is 3.74. The van der Waals surface area contributed by atoms with Crippen LogP contribution in [0, 0.1) is 5.92 Å². The molecule has 1 heterocycles. The SMILES string of the molecule is CN1Cc2cc(C(Cl)C3CCC3)ccc2NC1=O. The molecule has 18 heavy (non-hydrogen) atoms. The number of rotatable bonds is 2. The maximum atomic E-state index is 11.5. The fourth-order valence-electron chi connectivity index (χ4n) is 2.58. The Hall–Kier alpha value is -1.22. The van der Waals surface area contributed by atoms with Crippen LogP contribution in [-0.2, 0) is 6.54 Å². The van der Waals surface area contributed by atoms with Crippen molar-refractivity contribution in [2.45, 2.75) is 31.2 Å². The monoisotopic (exact) mass is 264 g/mol. The first-order valence-electron chi connectivity index (χ1n) is 6.44. The smallest absolute Gasteiger partial charge is 0.321 e. The van der Waals surface area contributed by atoms with E-state index in [0.29, 0.717) is 12.5 Å². The van der Waals surface area contributed by atoms with Gasteiger partial charge in [0.05, 0.1) is 5.38 Å². The van der Waals surface area contributed by atoms with Crippen molar-refractivity contribution < 1.29 is 4.79 Å². The highest BCUT2D eigenvalue weighted by molar-refractivity contribution is 6.21. The first-order valence-corrected chi connectivity index (χ1v) is 6.88. The zero-order valence-electron chi connectivity index (χ0n) is 10.4. The second-order valence-corrected chi connectivity index (χ2v) is 5.77. The molecule has 0 bridgehead atoms. The summed E-state index contributed by atoms with van der Waals surface area (Å²) >= 11 is 6.51. The molecular formula is C14H17ClN2O. The van der Waals surface area contributed by atoms with Crippen LogP contribution in [0.25, 0.3) is 0 Å². The molecule has 1 aliphatic heterocycles. The first kappa shape index (κ1) is 11.8. The average molecular weight is 265 g/mol. The largest absolute Gasteiger partial charge is 0.323 e. The average Bonchev–Trinajstić information content (AvgIpc) is 2.27. The van der Waals surface area contributed by atoms with E-state index in [0.717, 1.165) is 11.3 Å². The van der Waals surface area contributed by atoms with Crippen molar-refractivity contribution >= 4 is 23.3 Å². The van der Waals surface area contributed by atoms with E-state index in [-0.39, 0.29) is 11.4 Å². The van der Waals surface area contributed by atoms with Crippen LogP contribution in [0.3, 0.4) is 0 Å². The van der Waals surface area contributed by atoms with E-state index < -0.39 is 0 Å². The summed E-state index contributed by atoms with van der Waals surface area (Å²) in [6, 6.07) is 6.11. The molecular weight excluding hydrogens is 248 g/mol. The molecule has 4 heteroatoms. The summed E-state index contributed by atoms with van der Waals surface area (Å²) in [6.07, 6.45) is 3.78. The molecule has 2 amide bonds. The van der Waals surface area contributed by atoms with E-state index in [1.807, 2.05) is 12.1 Å². The number of amides is 2. The Balaban J connectivity index is 1.86.